The molecule has 0 aliphatic heterocycles. The van der Waals surface area contributed by atoms with Gasteiger partial charge < -0.3 is 4.98 Å². The second-order valence-corrected chi connectivity index (χ2v) is 3.99. The standard InChI is InChI=1S/C12H13NS/c1-3-9-4-5-11-10(7-9)8(2)6-12(14)13-11/h4-7H,3H2,1-2H3,(H,13,14). The van der Waals surface area contributed by atoms with Gasteiger partial charge in [-0.2, -0.15) is 0 Å². The van der Waals surface area contributed by atoms with Crippen molar-refractivity contribution in [2.24, 2.45) is 0 Å². The van der Waals surface area contributed by atoms with E-state index < -0.39 is 0 Å². The summed E-state index contributed by atoms with van der Waals surface area (Å²) in [6.45, 7) is 4.27. The number of rotatable bonds is 1. The van der Waals surface area contributed by atoms with Crippen LogP contribution in [0.4, 0.5) is 0 Å². The Balaban J connectivity index is 2.82. The lowest BCUT2D eigenvalue weighted by Gasteiger charge is -2.04. The number of H-pyrrole nitrogens is 1. The first-order valence-electron chi connectivity index (χ1n) is 4.83. The Labute approximate surface area is 88.8 Å². The number of aromatic amines is 1. The van der Waals surface area contributed by atoms with Crippen molar-refractivity contribution in [2.75, 3.05) is 0 Å². The van der Waals surface area contributed by atoms with E-state index in [0.29, 0.717) is 0 Å². The molecule has 0 fully saturated rings. The molecule has 0 atom stereocenters. The van der Waals surface area contributed by atoms with Gasteiger partial charge in [0.25, 0.3) is 0 Å². The predicted molar refractivity (Wildman–Crippen MR) is 63.2 cm³/mol. The van der Waals surface area contributed by atoms with Gasteiger partial charge >= 0.3 is 0 Å². The average Bonchev–Trinajstić information content (AvgIpc) is 2.17. The van der Waals surface area contributed by atoms with E-state index in [2.05, 4.69) is 37.0 Å². The Kier molecular flexibility index (Phi) is 2.38. The zero-order valence-corrected chi connectivity index (χ0v) is 9.24. The number of aryl methyl sites for hydroxylation is 2. The highest BCUT2D eigenvalue weighted by atomic mass is 32.1. The van der Waals surface area contributed by atoms with Crippen LogP contribution in [0.2, 0.25) is 0 Å². The zero-order chi connectivity index (χ0) is 10.1. The number of aromatic nitrogens is 1. The van der Waals surface area contributed by atoms with E-state index in [4.69, 9.17) is 12.2 Å². The molecule has 0 aliphatic carbocycles. The van der Waals surface area contributed by atoms with Crippen molar-refractivity contribution in [3.05, 3.63) is 40.0 Å². The molecule has 2 aromatic rings. The van der Waals surface area contributed by atoms with Crippen molar-refractivity contribution in [3.8, 4) is 0 Å². The number of hydrogen-bond acceptors (Lipinski definition) is 1. The highest BCUT2D eigenvalue weighted by Crippen LogP contribution is 2.18. The maximum Gasteiger partial charge on any atom is 0.103 e. The van der Waals surface area contributed by atoms with Crippen LogP contribution in [0.5, 0.6) is 0 Å². The molecule has 1 nitrogen and oxygen atoms in total. The van der Waals surface area contributed by atoms with Crippen LogP contribution in [0.3, 0.4) is 0 Å². The first-order chi connectivity index (χ1) is 6.70. The molecule has 1 N–H and O–H groups in total. The van der Waals surface area contributed by atoms with Crippen LogP contribution < -0.4 is 0 Å². The molecule has 2 heteroatoms. The number of pyridine rings is 1. The molecule has 0 spiro atoms. The van der Waals surface area contributed by atoms with Crippen molar-refractivity contribution in [3.63, 3.8) is 0 Å². The number of nitrogens with one attached hydrogen (secondary N) is 1. The highest BCUT2D eigenvalue weighted by molar-refractivity contribution is 7.71. The van der Waals surface area contributed by atoms with Crippen LogP contribution in [-0.2, 0) is 6.42 Å². The van der Waals surface area contributed by atoms with E-state index in [1.807, 2.05) is 6.07 Å². The summed E-state index contributed by atoms with van der Waals surface area (Å²) in [7, 11) is 0. The van der Waals surface area contributed by atoms with Crippen LogP contribution in [0.1, 0.15) is 18.1 Å². The van der Waals surface area contributed by atoms with Gasteiger partial charge in [0.05, 0.1) is 0 Å². The lowest BCUT2D eigenvalue weighted by Crippen LogP contribution is -1.86. The average molecular weight is 203 g/mol. The van der Waals surface area contributed by atoms with Crippen LogP contribution in [0.15, 0.2) is 24.3 Å². The van der Waals surface area contributed by atoms with Crippen LogP contribution in [-0.4, -0.2) is 4.98 Å². The first-order valence-corrected chi connectivity index (χ1v) is 5.24. The third kappa shape index (κ3) is 1.58. The molecule has 72 valence electrons. The van der Waals surface area contributed by atoms with E-state index >= 15 is 0 Å². The Hall–Kier alpha value is -1.15. The topological polar surface area (TPSA) is 15.8 Å². The monoisotopic (exact) mass is 203 g/mol. The summed E-state index contributed by atoms with van der Waals surface area (Å²) in [5, 5.41) is 1.28. The van der Waals surface area contributed by atoms with Gasteiger partial charge in [-0.05, 0) is 42.7 Å². The van der Waals surface area contributed by atoms with E-state index in [1.165, 1.54) is 16.5 Å². The minimum absolute atomic E-state index is 0.805. The van der Waals surface area contributed by atoms with Gasteiger partial charge in [-0.25, -0.2) is 0 Å². The number of fused-ring (bicyclic) bond motifs is 1. The molecule has 1 aromatic carbocycles. The van der Waals surface area contributed by atoms with Crippen LogP contribution in [0.25, 0.3) is 10.9 Å². The fourth-order valence-electron chi connectivity index (χ4n) is 1.69. The molecule has 0 bridgehead atoms. The molecule has 0 unspecified atom stereocenters. The second-order valence-electron chi connectivity index (χ2n) is 3.55. The maximum atomic E-state index is 5.13. The Morgan fingerprint density at radius 1 is 1.29 bits per heavy atom. The molecular formula is C12H13NS. The quantitative estimate of drug-likeness (QED) is 0.698. The van der Waals surface area contributed by atoms with Gasteiger partial charge in [0.1, 0.15) is 4.64 Å². The fourth-order valence-corrected chi connectivity index (χ4v) is 1.98. The summed E-state index contributed by atoms with van der Waals surface area (Å²) < 4.78 is 0.805. The molecule has 0 amide bonds. The molecule has 0 radical (unpaired) electrons. The van der Waals surface area contributed by atoms with E-state index in [-0.39, 0.29) is 0 Å². The largest absolute Gasteiger partial charge is 0.346 e. The van der Waals surface area contributed by atoms with Crippen molar-refractivity contribution >= 4 is 23.1 Å². The van der Waals surface area contributed by atoms with Gasteiger partial charge in [-0.15, -0.1) is 0 Å². The van der Waals surface area contributed by atoms with Crippen molar-refractivity contribution in [1.82, 2.24) is 4.98 Å². The lowest BCUT2D eigenvalue weighted by molar-refractivity contribution is 1.14. The second kappa shape index (κ2) is 3.54. The molecule has 0 aliphatic rings. The smallest absolute Gasteiger partial charge is 0.103 e. The summed E-state index contributed by atoms with van der Waals surface area (Å²) in [6, 6.07) is 8.50. The zero-order valence-electron chi connectivity index (χ0n) is 8.42. The van der Waals surface area contributed by atoms with Crippen molar-refractivity contribution < 1.29 is 0 Å². The van der Waals surface area contributed by atoms with Gasteiger partial charge in [0, 0.05) is 10.9 Å². The molecule has 1 aromatic heterocycles. The van der Waals surface area contributed by atoms with Gasteiger partial charge in [-0.1, -0.05) is 25.2 Å². The van der Waals surface area contributed by atoms with Gasteiger partial charge in [-0.3, -0.25) is 0 Å². The number of benzene rings is 1. The fraction of sp³-hybridized carbons (Fsp3) is 0.250. The van der Waals surface area contributed by atoms with Gasteiger partial charge in [0.15, 0.2) is 0 Å². The summed E-state index contributed by atoms with van der Waals surface area (Å²) in [5.74, 6) is 0. The van der Waals surface area contributed by atoms with E-state index in [9.17, 15) is 0 Å². The van der Waals surface area contributed by atoms with Crippen molar-refractivity contribution in [2.45, 2.75) is 20.3 Å². The highest BCUT2D eigenvalue weighted by Gasteiger charge is 1.98. The molecule has 0 saturated heterocycles. The SMILES string of the molecule is CCc1ccc2[nH]c(=S)cc(C)c2c1. The maximum absolute atomic E-state index is 5.13. The Morgan fingerprint density at radius 2 is 2.07 bits per heavy atom. The normalized spacial score (nSPS) is 10.7. The molecule has 2 rings (SSSR count). The van der Waals surface area contributed by atoms with E-state index in [0.717, 1.165) is 16.6 Å². The van der Waals surface area contributed by atoms with Crippen LogP contribution in [0, 0.1) is 11.6 Å². The van der Waals surface area contributed by atoms with E-state index in [1.54, 1.807) is 0 Å². The first kappa shape index (κ1) is 9.41. The predicted octanol–water partition coefficient (Wildman–Crippen LogP) is 3.77. The lowest BCUT2D eigenvalue weighted by atomic mass is 10.1. The van der Waals surface area contributed by atoms with Gasteiger partial charge in [0.2, 0.25) is 0 Å². The van der Waals surface area contributed by atoms with Crippen LogP contribution >= 0.6 is 12.2 Å². The Morgan fingerprint density at radius 3 is 2.79 bits per heavy atom. The number of hydrogen-bond donors (Lipinski definition) is 1. The minimum atomic E-state index is 0.805. The molecular weight excluding hydrogens is 190 g/mol. The third-order valence-corrected chi connectivity index (χ3v) is 2.74. The summed E-state index contributed by atoms with van der Waals surface area (Å²) >= 11 is 5.13. The summed E-state index contributed by atoms with van der Waals surface area (Å²) in [6.07, 6.45) is 1.07. The van der Waals surface area contributed by atoms with Crippen molar-refractivity contribution in [1.29, 1.82) is 0 Å². The summed E-state index contributed by atoms with van der Waals surface area (Å²) in [5.41, 5.74) is 3.75. The third-order valence-electron chi connectivity index (χ3n) is 2.52. The molecule has 14 heavy (non-hydrogen) atoms. The summed E-state index contributed by atoms with van der Waals surface area (Å²) in [4.78, 5) is 3.20. The molecule has 1 heterocycles. The Bertz CT molecular complexity index is 525. The molecule has 0 saturated carbocycles. The minimum Gasteiger partial charge on any atom is -0.346 e.